The lowest BCUT2D eigenvalue weighted by Crippen LogP contribution is -2.58. The van der Waals surface area contributed by atoms with Gasteiger partial charge < -0.3 is 24.6 Å². The van der Waals surface area contributed by atoms with Crippen molar-refractivity contribution in [1.82, 2.24) is 34.2 Å². The second-order valence-electron chi connectivity index (χ2n) is 12.9. The van der Waals surface area contributed by atoms with Crippen LogP contribution in [0.25, 0.3) is 16.9 Å². The highest BCUT2D eigenvalue weighted by Gasteiger charge is 2.46. The lowest BCUT2D eigenvalue weighted by atomic mass is 9.97. The van der Waals surface area contributed by atoms with Gasteiger partial charge in [0.15, 0.2) is 5.65 Å². The number of ether oxygens (including phenoxy) is 2. The van der Waals surface area contributed by atoms with Gasteiger partial charge in [0.2, 0.25) is 0 Å². The molecule has 0 aliphatic carbocycles. The Morgan fingerprint density at radius 1 is 1.05 bits per heavy atom. The molecule has 6 heterocycles. The maximum Gasteiger partial charge on any atom is 0.410 e. The molecule has 2 atom stereocenters. The number of rotatable bonds is 5. The van der Waals surface area contributed by atoms with E-state index in [0.717, 1.165) is 54.0 Å². The van der Waals surface area contributed by atoms with Crippen molar-refractivity contribution >= 4 is 23.7 Å². The summed E-state index contributed by atoms with van der Waals surface area (Å²) in [5.74, 6) is 1.17. The largest absolute Gasteiger partial charge is 0.444 e. The molecule has 0 saturated carbocycles. The Morgan fingerprint density at radius 2 is 1.76 bits per heavy atom. The van der Waals surface area contributed by atoms with E-state index < -0.39 is 5.60 Å². The van der Waals surface area contributed by atoms with Gasteiger partial charge in [0.1, 0.15) is 17.5 Å². The number of fused-ring (bicyclic) bond motifs is 3. The quantitative estimate of drug-likeness (QED) is 0.484. The summed E-state index contributed by atoms with van der Waals surface area (Å²) in [6.45, 7) is 10.5. The fraction of sp³-hybridized carbons (Fsp3) is 0.621. The number of anilines is 1. The van der Waals surface area contributed by atoms with Gasteiger partial charge in [-0.2, -0.15) is 14.7 Å². The van der Waals surface area contributed by atoms with Crippen LogP contribution in [0.2, 0.25) is 0 Å². The van der Waals surface area contributed by atoms with Gasteiger partial charge >= 0.3 is 12.2 Å². The molecule has 6 rings (SSSR count). The van der Waals surface area contributed by atoms with E-state index in [1.54, 1.807) is 9.58 Å². The molecule has 0 spiro atoms. The van der Waals surface area contributed by atoms with Crippen LogP contribution in [0.4, 0.5) is 15.4 Å². The highest BCUT2D eigenvalue weighted by Crippen LogP contribution is 2.38. The maximum absolute atomic E-state index is 13.2. The smallest absolute Gasteiger partial charge is 0.410 e. The van der Waals surface area contributed by atoms with Crippen molar-refractivity contribution in [3.63, 3.8) is 0 Å². The second kappa shape index (κ2) is 10.2. The molecule has 3 aliphatic rings. The number of nitrogens with zero attached hydrogens (tertiary/aromatic N) is 7. The molecule has 3 fully saturated rings. The molecular weight excluding hydrogens is 524 g/mol. The zero-order valence-electron chi connectivity index (χ0n) is 24.7. The third-order valence-electron chi connectivity index (χ3n) is 8.18. The number of likely N-dealkylation sites (tertiary alicyclic amines) is 1. The summed E-state index contributed by atoms with van der Waals surface area (Å²) in [6, 6.07) is 2.44. The zero-order valence-corrected chi connectivity index (χ0v) is 24.7. The molecule has 2 unspecified atom stereocenters. The Hall–Kier alpha value is -3.83. The number of amides is 2. The van der Waals surface area contributed by atoms with Crippen molar-refractivity contribution in [2.75, 3.05) is 18.4 Å². The average Bonchev–Trinajstić information content (AvgIpc) is 3.55. The molecule has 2 amide bonds. The standard InChI is InChI=1S/C29H40N8O4/c1-17(2)23-13-31-37-25(11-24(33-26(23)37)18-12-30-34(6)14-18)32-19-9-20-7-8-21(10-19)36(20)28(39)40-22-15-35(16-22)27(38)41-29(3,4)5/h11-14,17,19-22,32H,7-10,15-16H2,1-6H3. The van der Waals surface area contributed by atoms with Gasteiger partial charge in [-0.15, -0.1) is 0 Å². The average molecular weight is 565 g/mol. The van der Waals surface area contributed by atoms with Gasteiger partial charge in [-0.05, 0) is 52.4 Å². The molecule has 3 saturated heterocycles. The predicted octanol–water partition coefficient (Wildman–Crippen LogP) is 4.42. The first-order valence-electron chi connectivity index (χ1n) is 14.6. The number of aryl methyl sites for hydroxylation is 1. The minimum absolute atomic E-state index is 0.111. The van der Waals surface area contributed by atoms with Crippen molar-refractivity contribution in [2.24, 2.45) is 7.05 Å². The monoisotopic (exact) mass is 564 g/mol. The Bertz CT molecular complexity index is 1440. The van der Waals surface area contributed by atoms with E-state index in [-0.39, 0.29) is 42.3 Å². The second-order valence-corrected chi connectivity index (χ2v) is 12.9. The zero-order chi connectivity index (χ0) is 29.1. The summed E-state index contributed by atoms with van der Waals surface area (Å²) in [6.07, 6.45) is 8.32. The first-order chi connectivity index (χ1) is 19.4. The van der Waals surface area contributed by atoms with E-state index >= 15 is 0 Å². The summed E-state index contributed by atoms with van der Waals surface area (Å²) in [5, 5.41) is 12.8. The molecule has 12 heteroatoms. The molecule has 2 bridgehead atoms. The number of hydrogen-bond donors (Lipinski definition) is 1. The number of carbonyl (C=O) groups excluding carboxylic acids is 2. The Balaban J connectivity index is 1.12. The van der Waals surface area contributed by atoms with E-state index in [2.05, 4.69) is 29.4 Å². The van der Waals surface area contributed by atoms with Crippen molar-refractivity contribution in [2.45, 2.75) is 96.1 Å². The van der Waals surface area contributed by atoms with E-state index in [4.69, 9.17) is 14.5 Å². The molecular formula is C29H40N8O4. The fourth-order valence-electron chi connectivity index (χ4n) is 6.19. The molecule has 0 radical (unpaired) electrons. The van der Waals surface area contributed by atoms with Crippen LogP contribution in [0, 0.1) is 0 Å². The van der Waals surface area contributed by atoms with Crippen molar-refractivity contribution in [1.29, 1.82) is 0 Å². The molecule has 220 valence electrons. The fourth-order valence-corrected chi connectivity index (χ4v) is 6.19. The highest BCUT2D eigenvalue weighted by atomic mass is 16.6. The Kier molecular flexibility index (Phi) is 6.82. The summed E-state index contributed by atoms with van der Waals surface area (Å²) in [4.78, 5) is 33.9. The lowest BCUT2D eigenvalue weighted by Gasteiger charge is -2.42. The summed E-state index contributed by atoms with van der Waals surface area (Å²) >= 11 is 0. The van der Waals surface area contributed by atoms with Crippen LogP contribution in [0.5, 0.6) is 0 Å². The minimum atomic E-state index is -0.549. The normalized spacial score (nSPS) is 22.8. The minimum Gasteiger partial charge on any atom is -0.444 e. The first kappa shape index (κ1) is 27.3. The lowest BCUT2D eigenvalue weighted by molar-refractivity contribution is -0.0485. The number of nitrogens with one attached hydrogen (secondary N) is 1. The molecule has 3 aromatic heterocycles. The third-order valence-corrected chi connectivity index (χ3v) is 8.18. The SMILES string of the molecule is CC(C)c1cnn2c(NC3CC4CCC(C3)N4C(=O)OC3CN(C(=O)OC(C)(C)C)C3)cc(-c3cnn(C)c3)nc12. The summed E-state index contributed by atoms with van der Waals surface area (Å²) < 4.78 is 14.9. The van der Waals surface area contributed by atoms with Crippen molar-refractivity contribution < 1.29 is 19.1 Å². The van der Waals surface area contributed by atoms with E-state index in [1.165, 1.54) is 0 Å². The van der Waals surface area contributed by atoms with Crippen LogP contribution in [0.1, 0.15) is 71.8 Å². The molecule has 3 aromatic rings. The topological polar surface area (TPSA) is 119 Å². The van der Waals surface area contributed by atoms with E-state index in [9.17, 15) is 9.59 Å². The molecule has 12 nitrogen and oxygen atoms in total. The van der Waals surface area contributed by atoms with Crippen molar-refractivity contribution in [3.05, 3.63) is 30.2 Å². The molecule has 3 aliphatic heterocycles. The van der Waals surface area contributed by atoms with Crippen LogP contribution in [-0.4, -0.2) is 89.3 Å². The predicted molar refractivity (Wildman–Crippen MR) is 153 cm³/mol. The Labute approximate surface area is 240 Å². The van der Waals surface area contributed by atoms with Gasteiger partial charge in [-0.25, -0.2) is 14.6 Å². The van der Waals surface area contributed by atoms with Gasteiger partial charge in [0.25, 0.3) is 0 Å². The van der Waals surface area contributed by atoms with E-state index in [1.807, 2.05) is 61.9 Å². The van der Waals surface area contributed by atoms with Crippen LogP contribution < -0.4 is 5.32 Å². The number of aromatic nitrogens is 5. The maximum atomic E-state index is 13.2. The molecule has 41 heavy (non-hydrogen) atoms. The van der Waals surface area contributed by atoms with Crippen LogP contribution in [-0.2, 0) is 16.5 Å². The van der Waals surface area contributed by atoms with Gasteiger partial charge in [0, 0.05) is 48.6 Å². The third kappa shape index (κ3) is 5.43. The first-order valence-corrected chi connectivity index (χ1v) is 14.6. The van der Waals surface area contributed by atoms with Gasteiger partial charge in [-0.3, -0.25) is 4.68 Å². The summed E-state index contributed by atoms with van der Waals surface area (Å²) in [7, 11) is 1.90. The van der Waals surface area contributed by atoms with Crippen LogP contribution in [0.15, 0.2) is 24.7 Å². The number of carbonyl (C=O) groups is 2. The summed E-state index contributed by atoms with van der Waals surface area (Å²) in [5.41, 5.74) is 3.19. The van der Waals surface area contributed by atoms with Gasteiger partial charge in [0.05, 0.1) is 31.2 Å². The Morgan fingerprint density at radius 3 is 2.37 bits per heavy atom. The number of piperidine rings is 1. The van der Waals surface area contributed by atoms with Gasteiger partial charge in [-0.1, -0.05) is 13.8 Å². The number of hydrogen-bond acceptors (Lipinski definition) is 8. The van der Waals surface area contributed by atoms with Crippen LogP contribution >= 0.6 is 0 Å². The molecule has 1 N–H and O–H groups in total. The highest BCUT2D eigenvalue weighted by molar-refractivity contribution is 5.72. The van der Waals surface area contributed by atoms with E-state index in [0.29, 0.717) is 13.1 Å². The van der Waals surface area contributed by atoms with Crippen molar-refractivity contribution in [3.8, 4) is 11.3 Å². The van der Waals surface area contributed by atoms with Crippen LogP contribution in [0.3, 0.4) is 0 Å². The molecule has 0 aromatic carbocycles.